The van der Waals surface area contributed by atoms with E-state index in [9.17, 15) is 14.8 Å². The van der Waals surface area contributed by atoms with Gasteiger partial charge in [-0.3, -0.25) is 10.0 Å². The maximum atomic E-state index is 12.6. The number of allylic oxidation sites excluding steroid dienone is 1. The van der Waals surface area contributed by atoms with Crippen LogP contribution in [0.1, 0.15) is 46.6 Å². The van der Waals surface area contributed by atoms with Crippen molar-refractivity contribution in [2.45, 2.75) is 47.1 Å². The first-order chi connectivity index (χ1) is 13.3. The number of amides is 1. The molecule has 0 bridgehead atoms. The third kappa shape index (κ3) is 5.01. The maximum Gasteiger partial charge on any atom is 0.336 e. The summed E-state index contributed by atoms with van der Waals surface area (Å²) in [6.07, 6.45) is 2.44. The molecule has 0 saturated heterocycles. The SMILES string of the molecule is CCOC(=O)C1C(c2ccc(OCC=C(C)C)cc2)=C(CC(C)C)C(=O)N1O. The largest absolute Gasteiger partial charge is 0.490 e. The van der Waals surface area contributed by atoms with Gasteiger partial charge in [0, 0.05) is 11.1 Å². The Balaban J connectivity index is 2.39. The molecule has 1 amide bonds. The number of nitrogens with zero attached hydrogens (tertiary/aromatic N) is 1. The van der Waals surface area contributed by atoms with E-state index in [2.05, 4.69) is 0 Å². The lowest BCUT2D eigenvalue weighted by Gasteiger charge is -2.19. The van der Waals surface area contributed by atoms with Gasteiger partial charge in [0.05, 0.1) is 6.61 Å². The van der Waals surface area contributed by atoms with Crippen LogP contribution in [0.25, 0.3) is 5.57 Å². The highest BCUT2D eigenvalue weighted by Crippen LogP contribution is 2.37. The van der Waals surface area contributed by atoms with Gasteiger partial charge in [-0.2, -0.15) is 0 Å². The highest BCUT2D eigenvalue weighted by Gasteiger charge is 2.44. The predicted molar refractivity (Wildman–Crippen MR) is 107 cm³/mol. The van der Waals surface area contributed by atoms with E-state index in [-0.39, 0.29) is 12.5 Å². The van der Waals surface area contributed by atoms with Gasteiger partial charge in [-0.15, -0.1) is 0 Å². The summed E-state index contributed by atoms with van der Waals surface area (Å²) in [5.41, 5.74) is 2.79. The Morgan fingerprint density at radius 2 is 1.89 bits per heavy atom. The fraction of sp³-hybridized carbons (Fsp3) is 0.455. The van der Waals surface area contributed by atoms with Gasteiger partial charge in [-0.25, -0.2) is 9.86 Å². The molecule has 0 aromatic heterocycles. The van der Waals surface area contributed by atoms with Gasteiger partial charge in [0.2, 0.25) is 0 Å². The molecule has 152 valence electrons. The van der Waals surface area contributed by atoms with Gasteiger partial charge in [0.15, 0.2) is 6.04 Å². The smallest absolute Gasteiger partial charge is 0.336 e. The van der Waals surface area contributed by atoms with Crippen molar-refractivity contribution >= 4 is 17.4 Å². The fourth-order valence-corrected chi connectivity index (χ4v) is 3.07. The quantitative estimate of drug-likeness (QED) is 0.415. The van der Waals surface area contributed by atoms with Gasteiger partial charge in [-0.1, -0.05) is 31.6 Å². The average molecular weight is 387 g/mol. The highest BCUT2D eigenvalue weighted by molar-refractivity contribution is 6.12. The average Bonchev–Trinajstić information content (AvgIpc) is 2.87. The molecule has 6 nitrogen and oxygen atoms in total. The van der Waals surface area contributed by atoms with Crippen molar-refractivity contribution in [3.63, 3.8) is 0 Å². The van der Waals surface area contributed by atoms with E-state index in [0.717, 1.165) is 0 Å². The lowest BCUT2D eigenvalue weighted by atomic mass is 9.92. The fourth-order valence-electron chi connectivity index (χ4n) is 3.07. The summed E-state index contributed by atoms with van der Waals surface area (Å²) >= 11 is 0. The Morgan fingerprint density at radius 1 is 1.25 bits per heavy atom. The molecule has 2 rings (SSSR count). The second-order valence-electron chi connectivity index (χ2n) is 7.41. The van der Waals surface area contributed by atoms with Crippen LogP contribution in [0.4, 0.5) is 0 Å². The monoisotopic (exact) mass is 387 g/mol. The lowest BCUT2D eigenvalue weighted by molar-refractivity contribution is -0.176. The minimum atomic E-state index is -1.15. The summed E-state index contributed by atoms with van der Waals surface area (Å²) in [4.78, 5) is 25.0. The minimum absolute atomic E-state index is 0.168. The first-order valence-corrected chi connectivity index (χ1v) is 9.54. The molecular weight excluding hydrogens is 358 g/mol. The van der Waals surface area contributed by atoms with E-state index in [4.69, 9.17) is 9.47 Å². The standard InChI is InChI=1S/C22H29NO5/c1-6-27-22(25)20-19(18(13-15(4)5)21(24)23(20)26)16-7-9-17(10-8-16)28-12-11-14(2)3/h7-11,15,20,26H,6,12-13H2,1-5H3. The number of benzene rings is 1. The number of carbonyl (C=O) groups is 2. The molecule has 0 aliphatic carbocycles. The molecule has 1 unspecified atom stereocenters. The summed E-state index contributed by atoms with van der Waals surface area (Å²) in [6.45, 7) is 10.3. The summed E-state index contributed by atoms with van der Waals surface area (Å²) in [5, 5.41) is 10.8. The van der Waals surface area contributed by atoms with E-state index >= 15 is 0 Å². The topological polar surface area (TPSA) is 76.1 Å². The molecule has 1 atom stereocenters. The zero-order valence-electron chi connectivity index (χ0n) is 17.2. The molecule has 1 aromatic rings. The molecule has 1 N–H and O–H groups in total. The van der Waals surface area contributed by atoms with Gasteiger partial charge in [0.25, 0.3) is 5.91 Å². The Labute approximate surface area is 166 Å². The van der Waals surface area contributed by atoms with Crippen molar-refractivity contribution < 1.29 is 24.3 Å². The van der Waals surface area contributed by atoms with Gasteiger partial charge in [-0.05, 0) is 56.9 Å². The van der Waals surface area contributed by atoms with E-state index < -0.39 is 17.9 Å². The maximum absolute atomic E-state index is 12.6. The van der Waals surface area contributed by atoms with Crippen molar-refractivity contribution in [2.24, 2.45) is 5.92 Å². The highest BCUT2D eigenvalue weighted by atomic mass is 16.6. The predicted octanol–water partition coefficient (Wildman–Crippen LogP) is 3.99. The molecule has 0 saturated carbocycles. The lowest BCUT2D eigenvalue weighted by Crippen LogP contribution is -2.39. The van der Waals surface area contributed by atoms with Crippen molar-refractivity contribution in [1.82, 2.24) is 5.06 Å². The van der Waals surface area contributed by atoms with Crippen molar-refractivity contribution in [3.05, 3.63) is 47.1 Å². The molecule has 1 aromatic carbocycles. The zero-order chi connectivity index (χ0) is 20.8. The molecular formula is C22H29NO5. The third-order valence-electron chi connectivity index (χ3n) is 4.34. The molecule has 1 heterocycles. The number of hydroxylamine groups is 2. The summed E-state index contributed by atoms with van der Waals surface area (Å²) in [6, 6.07) is 6.03. The number of ether oxygens (including phenoxy) is 2. The molecule has 28 heavy (non-hydrogen) atoms. The van der Waals surface area contributed by atoms with Gasteiger partial charge >= 0.3 is 5.97 Å². The number of carbonyl (C=O) groups excluding carboxylic acids is 2. The van der Waals surface area contributed by atoms with Crippen LogP contribution < -0.4 is 4.74 Å². The number of hydrogen-bond donors (Lipinski definition) is 1. The summed E-state index contributed by atoms with van der Waals surface area (Å²) < 4.78 is 10.8. The summed E-state index contributed by atoms with van der Waals surface area (Å²) in [7, 11) is 0. The van der Waals surface area contributed by atoms with Crippen LogP contribution in [0.15, 0.2) is 41.5 Å². The first kappa shape index (κ1) is 21.7. The number of esters is 1. The first-order valence-electron chi connectivity index (χ1n) is 9.54. The molecule has 1 aliphatic rings. The van der Waals surface area contributed by atoms with Crippen LogP contribution in [0.5, 0.6) is 5.75 Å². The second kappa shape index (κ2) is 9.55. The zero-order valence-corrected chi connectivity index (χ0v) is 17.2. The molecule has 0 radical (unpaired) electrons. The number of rotatable bonds is 8. The Bertz CT molecular complexity index is 773. The van der Waals surface area contributed by atoms with E-state index in [1.54, 1.807) is 31.2 Å². The van der Waals surface area contributed by atoms with Crippen molar-refractivity contribution in [2.75, 3.05) is 13.2 Å². The molecule has 6 heteroatoms. The van der Waals surface area contributed by atoms with Crippen LogP contribution in [-0.2, 0) is 14.3 Å². The Kier molecular flexibility index (Phi) is 7.40. The Hall–Kier alpha value is -2.60. The van der Waals surface area contributed by atoms with Crippen LogP contribution in [0.2, 0.25) is 0 Å². The van der Waals surface area contributed by atoms with Crippen LogP contribution in [-0.4, -0.2) is 41.4 Å². The second-order valence-corrected chi connectivity index (χ2v) is 7.41. The van der Waals surface area contributed by atoms with Crippen LogP contribution in [0, 0.1) is 5.92 Å². The van der Waals surface area contributed by atoms with E-state index in [0.29, 0.717) is 40.6 Å². The van der Waals surface area contributed by atoms with E-state index in [1.165, 1.54) is 5.57 Å². The number of hydrogen-bond acceptors (Lipinski definition) is 5. The van der Waals surface area contributed by atoms with Crippen molar-refractivity contribution in [3.8, 4) is 5.75 Å². The van der Waals surface area contributed by atoms with Crippen LogP contribution >= 0.6 is 0 Å². The normalized spacial score (nSPS) is 16.6. The van der Waals surface area contributed by atoms with E-state index in [1.807, 2.05) is 33.8 Å². The summed E-state index contributed by atoms with van der Waals surface area (Å²) in [5.74, 6) is -0.318. The minimum Gasteiger partial charge on any atom is -0.490 e. The Morgan fingerprint density at radius 3 is 2.43 bits per heavy atom. The van der Waals surface area contributed by atoms with Gasteiger partial charge in [0.1, 0.15) is 12.4 Å². The molecule has 1 aliphatic heterocycles. The van der Waals surface area contributed by atoms with Crippen molar-refractivity contribution in [1.29, 1.82) is 0 Å². The third-order valence-corrected chi connectivity index (χ3v) is 4.34. The van der Waals surface area contributed by atoms with Crippen LogP contribution in [0.3, 0.4) is 0 Å². The molecule has 0 fully saturated rings. The molecule has 0 spiro atoms. The van der Waals surface area contributed by atoms with Gasteiger partial charge < -0.3 is 9.47 Å².